The van der Waals surface area contributed by atoms with Crippen molar-refractivity contribution in [1.82, 2.24) is 10.2 Å². The van der Waals surface area contributed by atoms with Gasteiger partial charge in [0.05, 0.1) is 23.8 Å². The van der Waals surface area contributed by atoms with E-state index in [9.17, 15) is 39.6 Å². The predicted octanol–water partition coefficient (Wildman–Crippen LogP) is 0.935. The summed E-state index contributed by atoms with van der Waals surface area (Å²) in [5.41, 5.74) is 1.96. The molecule has 236 valence electrons. The van der Waals surface area contributed by atoms with Gasteiger partial charge in [-0.15, -0.1) is 12.4 Å². The van der Waals surface area contributed by atoms with Gasteiger partial charge in [0.15, 0.2) is 17.1 Å². The lowest BCUT2D eigenvalue weighted by atomic mass is 9.58. The number of rotatable bonds is 6. The number of fused-ring (bicyclic) bond motifs is 3. The number of aliphatic hydroxyl groups excluding tert-OH is 2. The number of aliphatic hydroxyl groups is 3. The van der Waals surface area contributed by atoms with Crippen molar-refractivity contribution in [3.63, 3.8) is 0 Å². The minimum atomic E-state index is -2.73. The first-order valence-electron chi connectivity index (χ1n) is 13.6. The lowest BCUT2D eigenvalue weighted by molar-refractivity contribution is -0.148. The summed E-state index contributed by atoms with van der Waals surface area (Å²) in [7, 11) is 6.62. The minimum absolute atomic E-state index is 0. The zero-order valence-corrected chi connectivity index (χ0v) is 26.0. The van der Waals surface area contributed by atoms with Gasteiger partial charge in [-0.05, 0) is 65.3 Å². The molecule has 2 unspecified atom stereocenters. The van der Waals surface area contributed by atoms with E-state index < -0.39 is 69.7 Å². The summed E-state index contributed by atoms with van der Waals surface area (Å²) in [6.45, 7) is 5.60. The van der Waals surface area contributed by atoms with Gasteiger partial charge >= 0.3 is 0 Å². The zero-order chi connectivity index (χ0) is 31.6. The number of ketones is 2. The Balaban J connectivity index is 0.00000506. The second kappa shape index (κ2) is 11.5. The molecule has 2 amide bonds. The van der Waals surface area contributed by atoms with Crippen LogP contribution >= 0.6 is 12.4 Å². The van der Waals surface area contributed by atoms with Crippen LogP contribution in [-0.2, 0) is 20.8 Å². The molecule has 1 aromatic rings. The predicted molar refractivity (Wildman–Crippen MR) is 162 cm³/mol. The fourth-order valence-electron chi connectivity index (χ4n) is 6.33. The van der Waals surface area contributed by atoms with Crippen molar-refractivity contribution in [2.45, 2.75) is 50.8 Å². The van der Waals surface area contributed by atoms with E-state index in [4.69, 9.17) is 5.73 Å². The molecular formula is C29H40ClN5O8. The number of amides is 2. The standard InChI is InChI=1S/C29H39N5O8.ClH/c1-28(2,3)31-11-17(35)32-15-10-16(33(4)5)13-8-12-9-14-21(34(6)7)24(38)20(27(30)41)26(40)29(14,42)25(39)18(12)23(37)19(13)22(15)36;/h10,12,14,21,31,36,38-39,42H,8-9,11H2,1-7H3,(H2,30,41)(H,32,35);1H/t12?,14?,21-,29-;/m0./s1. The highest BCUT2D eigenvalue weighted by Crippen LogP contribution is 2.53. The maximum atomic E-state index is 14.1. The molecular weight excluding hydrogens is 582 g/mol. The van der Waals surface area contributed by atoms with Gasteiger partial charge in [-0.2, -0.15) is 0 Å². The van der Waals surface area contributed by atoms with E-state index in [0.717, 1.165) is 0 Å². The number of halogens is 1. The van der Waals surface area contributed by atoms with Gasteiger partial charge in [0.2, 0.25) is 11.7 Å². The molecule has 13 nitrogen and oxygen atoms in total. The van der Waals surface area contributed by atoms with Gasteiger partial charge in [0.25, 0.3) is 5.91 Å². The van der Waals surface area contributed by atoms with Crippen molar-refractivity contribution in [3.05, 3.63) is 39.9 Å². The van der Waals surface area contributed by atoms with Crippen LogP contribution in [0.3, 0.4) is 0 Å². The Labute approximate surface area is 255 Å². The van der Waals surface area contributed by atoms with Crippen molar-refractivity contribution >= 4 is 47.2 Å². The highest BCUT2D eigenvalue weighted by atomic mass is 35.5. The van der Waals surface area contributed by atoms with E-state index in [1.807, 2.05) is 20.8 Å². The number of carbonyl (C=O) groups excluding carboxylic acids is 4. The van der Waals surface area contributed by atoms with Crippen LogP contribution < -0.4 is 21.3 Å². The number of hydrogen-bond donors (Lipinski definition) is 7. The van der Waals surface area contributed by atoms with Crippen LogP contribution in [0.25, 0.3) is 0 Å². The summed E-state index contributed by atoms with van der Waals surface area (Å²) < 4.78 is 0. The van der Waals surface area contributed by atoms with Gasteiger partial charge in [0, 0.05) is 36.8 Å². The fraction of sp³-hybridized carbons (Fsp3) is 0.517. The number of nitrogens with one attached hydrogen (secondary N) is 2. The van der Waals surface area contributed by atoms with Crippen LogP contribution in [-0.4, -0.2) is 101 Å². The second-order valence-corrected chi connectivity index (χ2v) is 12.7. The molecule has 0 heterocycles. The molecule has 3 aliphatic rings. The number of phenols is 1. The Bertz CT molecular complexity index is 1460. The average molecular weight is 622 g/mol. The number of Topliss-reactive ketones (excluding diaryl/α,β-unsaturated/α-hetero) is 2. The SMILES string of the molecule is CN(C)c1cc(NC(=O)CNC(C)(C)C)c(O)c2c1CC1CC3[C@H](N(C)C)C(O)=C(C(N)=O)C(=O)[C@@]3(O)C(O)=C1C2=O.Cl. The van der Waals surface area contributed by atoms with E-state index in [0.29, 0.717) is 11.3 Å². The van der Waals surface area contributed by atoms with E-state index in [-0.39, 0.29) is 54.2 Å². The van der Waals surface area contributed by atoms with Crippen molar-refractivity contribution in [1.29, 1.82) is 0 Å². The number of allylic oxidation sites excluding steroid dienone is 1. The highest BCUT2D eigenvalue weighted by molar-refractivity contribution is 6.25. The first kappa shape index (κ1) is 33.8. The molecule has 0 aliphatic heterocycles. The van der Waals surface area contributed by atoms with Crippen molar-refractivity contribution in [3.8, 4) is 5.75 Å². The van der Waals surface area contributed by atoms with E-state index in [1.54, 1.807) is 39.2 Å². The van der Waals surface area contributed by atoms with Gasteiger partial charge in [-0.3, -0.25) is 24.1 Å². The molecule has 4 atom stereocenters. The number of anilines is 2. The molecule has 0 radical (unpaired) electrons. The molecule has 0 saturated heterocycles. The number of phenolic OH excluding ortho intramolecular Hbond substituents is 1. The minimum Gasteiger partial charge on any atom is -0.510 e. The molecule has 8 N–H and O–H groups in total. The van der Waals surface area contributed by atoms with Crippen molar-refractivity contribution in [2.75, 3.05) is 45.0 Å². The number of hydrogen-bond acceptors (Lipinski definition) is 11. The summed E-state index contributed by atoms with van der Waals surface area (Å²) in [6, 6.07) is 0.487. The van der Waals surface area contributed by atoms with E-state index in [1.165, 1.54) is 4.90 Å². The normalized spacial score (nSPS) is 25.1. The summed E-state index contributed by atoms with van der Waals surface area (Å²) in [4.78, 5) is 55.6. The third-order valence-corrected chi connectivity index (χ3v) is 8.23. The molecule has 14 heteroatoms. The number of nitrogens with zero attached hydrogens (tertiary/aromatic N) is 2. The first-order chi connectivity index (χ1) is 19.3. The summed E-state index contributed by atoms with van der Waals surface area (Å²) in [6.07, 6.45) is 0.117. The fourth-order valence-corrected chi connectivity index (χ4v) is 6.33. The van der Waals surface area contributed by atoms with Gasteiger partial charge < -0.3 is 41.7 Å². The molecule has 1 aromatic carbocycles. The lowest BCUT2D eigenvalue weighted by Crippen LogP contribution is -2.63. The van der Waals surface area contributed by atoms with Gasteiger partial charge in [0.1, 0.15) is 17.1 Å². The van der Waals surface area contributed by atoms with E-state index >= 15 is 0 Å². The molecule has 0 bridgehead atoms. The zero-order valence-electron chi connectivity index (χ0n) is 25.2. The Morgan fingerprint density at radius 2 is 1.72 bits per heavy atom. The summed E-state index contributed by atoms with van der Waals surface area (Å²) >= 11 is 0. The average Bonchev–Trinajstić information content (AvgIpc) is 2.85. The van der Waals surface area contributed by atoms with Gasteiger partial charge in [-0.25, -0.2) is 0 Å². The molecule has 43 heavy (non-hydrogen) atoms. The summed E-state index contributed by atoms with van der Waals surface area (Å²) in [5, 5.41) is 51.1. The number of carbonyl (C=O) groups is 4. The van der Waals surface area contributed by atoms with Crippen molar-refractivity contribution in [2.24, 2.45) is 17.6 Å². The van der Waals surface area contributed by atoms with E-state index in [2.05, 4.69) is 10.6 Å². The Hall–Kier alpha value is -3.65. The lowest BCUT2D eigenvalue weighted by Gasteiger charge is -2.50. The third-order valence-electron chi connectivity index (χ3n) is 8.23. The molecule has 0 spiro atoms. The van der Waals surface area contributed by atoms with Crippen LogP contribution in [0.1, 0.15) is 43.1 Å². The molecule has 3 aliphatic carbocycles. The summed E-state index contributed by atoms with van der Waals surface area (Å²) in [5.74, 6) is -7.79. The van der Waals surface area contributed by atoms with Crippen molar-refractivity contribution < 1.29 is 39.6 Å². The van der Waals surface area contributed by atoms with Gasteiger partial charge in [-0.1, -0.05) is 0 Å². The maximum absolute atomic E-state index is 14.1. The number of benzene rings is 1. The largest absolute Gasteiger partial charge is 0.510 e. The highest BCUT2D eigenvalue weighted by Gasteiger charge is 2.63. The van der Waals surface area contributed by atoms with Crippen LogP contribution in [0.15, 0.2) is 28.7 Å². The number of likely N-dealkylation sites (N-methyl/N-ethyl adjacent to an activating group) is 1. The Morgan fingerprint density at radius 3 is 2.23 bits per heavy atom. The Kier molecular flexibility index (Phi) is 9.01. The quantitative estimate of drug-likeness (QED) is 0.176. The monoisotopic (exact) mass is 621 g/mol. The van der Waals surface area contributed by atoms with Crippen LogP contribution in [0.4, 0.5) is 11.4 Å². The molecule has 0 saturated carbocycles. The molecule has 0 fully saturated rings. The number of aromatic hydroxyl groups is 1. The van der Waals surface area contributed by atoms with Crippen LogP contribution in [0.5, 0.6) is 5.75 Å². The second-order valence-electron chi connectivity index (χ2n) is 12.7. The smallest absolute Gasteiger partial charge is 0.255 e. The molecule has 0 aromatic heterocycles. The van der Waals surface area contributed by atoms with Crippen LogP contribution in [0, 0.1) is 11.8 Å². The molecule has 4 rings (SSSR count). The topological polar surface area (TPSA) is 206 Å². The first-order valence-corrected chi connectivity index (χ1v) is 13.6. The number of primary amides is 1. The Morgan fingerprint density at radius 1 is 1.12 bits per heavy atom. The van der Waals surface area contributed by atoms with Crippen LogP contribution in [0.2, 0.25) is 0 Å². The maximum Gasteiger partial charge on any atom is 0.255 e. The number of nitrogens with two attached hydrogens (primary N) is 1. The third kappa shape index (κ3) is 5.46.